The van der Waals surface area contributed by atoms with Crippen molar-refractivity contribution in [3.8, 4) is 0 Å². The third-order valence-electron chi connectivity index (χ3n) is 1.92. The Kier molecular flexibility index (Phi) is 3.65. The highest BCUT2D eigenvalue weighted by atomic mass is 32.2. The van der Waals surface area contributed by atoms with Gasteiger partial charge in [0.1, 0.15) is 0 Å². The molecular formula is C8H16O3S2. The number of aliphatic hydroxyl groups excluding tert-OH is 1. The van der Waals surface area contributed by atoms with Gasteiger partial charge in [-0.1, -0.05) is 13.8 Å². The maximum Gasteiger partial charge on any atom is 0.154 e. The van der Waals surface area contributed by atoms with E-state index in [9.17, 15) is 13.5 Å². The van der Waals surface area contributed by atoms with E-state index in [0.717, 1.165) is 5.75 Å². The lowest BCUT2D eigenvalue weighted by Gasteiger charge is -2.13. The molecule has 1 fully saturated rings. The van der Waals surface area contributed by atoms with Crippen LogP contribution in [0.25, 0.3) is 0 Å². The third-order valence-corrected chi connectivity index (χ3v) is 5.61. The Balaban J connectivity index is 2.44. The van der Waals surface area contributed by atoms with E-state index in [1.807, 2.05) is 0 Å². The zero-order chi connectivity index (χ0) is 10.1. The zero-order valence-electron chi connectivity index (χ0n) is 7.93. The molecule has 0 spiro atoms. The van der Waals surface area contributed by atoms with Crippen molar-refractivity contribution in [1.29, 1.82) is 0 Å². The Hall–Kier alpha value is 0.260. The van der Waals surface area contributed by atoms with Crippen molar-refractivity contribution in [1.82, 2.24) is 0 Å². The van der Waals surface area contributed by atoms with Crippen LogP contribution in [-0.4, -0.2) is 42.1 Å². The van der Waals surface area contributed by atoms with E-state index >= 15 is 0 Å². The van der Waals surface area contributed by atoms with E-state index in [1.54, 1.807) is 11.8 Å². The molecule has 1 aliphatic rings. The number of rotatable bonds is 3. The Morgan fingerprint density at radius 2 is 2.08 bits per heavy atom. The van der Waals surface area contributed by atoms with E-state index in [-0.39, 0.29) is 16.8 Å². The molecule has 2 unspecified atom stereocenters. The summed E-state index contributed by atoms with van der Waals surface area (Å²) in [5.74, 6) is 1.55. The second kappa shape index (κ2) is 4.19. The standard InChI is InChI=1S/C8H16O3S2/c1-6(2)3-12-8-5-13(10,11)4-7(8)9/h6-9H,3-5H2,1-2H3. The normalized spacial score (nSPS) is 32.6. The quantitative estimate of drug-likeness (QED) is 0.760. The summed E-state index contributed by atoms with van der Waals surface area (Å²) >= 11 is 1.57. The van der Waals surface area contributed by atoms with Crippen molar-refractivity contribution < 1.29 is 13.5 Å². The summed E-state index contributed by atoms with van der Waals surface area (Å²) in [4.78, 5) is 0. The van der Waals surface area contributed by atoms with Crippen LogP contribution >= 0.6 is 11.8 Å². The van der Waals surface area contributed by atoms with Crippen molar-refractivity contribution in [3.63, 3.8) is 0 Å². The van der Waals surface area contributed by atoms with E-state index in [4.69, 9.17) is 0 Å². The van der Waals surface area contributed by atoms with Crippen LogP contribution in [0.3, 0.4) is 0 Å². The summed E-state index contributed by atoms with van der Waals surface area (Å²) in [5, 5.41) is 9.33. The molecular weight excluding hydrogens is 208 g/mol. The summed E-state index contributed by atoms with van der Waals surface area (Å²) in [5.41, 5.74) is 0. The Bertz CT molecular complexity index is 259. The van der Waals surface area contributed by atoms with E-state index < -0.39 is 15.9 Å². The van der Waals surface area contributed by atoms with Gasteiger partial charge in [0.05, 0.1) is 17.6 Å². The monoisotopic (exact) mass is 224 g/mol. The lowest BCUT2D eigenvalue weighted by atomic mass is 10.3. The largest absolute Gasteiger partial charge is 0.391 e. The number of thioether (sulfide) groups is 1. The van der Waals surface area contributed by atoms with Crippen LogP contribution < -0.4 is 0 Å². The first-order valence-electron chi connectivity index (χ1n) is 4.41. The predicted octanol–water partition coefficient (Wildman–Crippen LogP) is 0.533. The molecule has 1 heterocycles. The minimum atomic E-state index is -2.96. The molecule has 0 aliphatic carbocycles. The van der Waals surface area contributed by atoms with Crippen LogP contribution in [0, 0.1) is 5.92 Å². The average Bonchev–Trinajstić information content (AvgIpc) is 2.20. The molecule has 2 atom stereocenters. The number of hydrogen-bond donors (Lipinski definition) is 1. The first kappa shape index (κ1) is 11.3. The first-order valence-corrected chi connectivity index (χ1v) is 7.28. The van der Waals surface area contributed by atoms with Crippen LogP contribution in [0.4, 0.5) is 0 Å². The molecule has 1 saturated heterocycles. The molecule has 0 bridgehead atoms. The van der Waals surface area contributed by atoms with Gasteiger partial charge in [-0.05, 0) is 11.7 Å². The van der Waals surface area contributed by atoms with Gasteiger partial charge in [-0.25, -0.2) is 8.42 Å². The van der Waals surface area contributed by atoms with Gasteiger partial charge >= 0.3 is 0 Å². The second-order valence-electron chi connectivity index (χ2n) is 3.91. The summed E-state index contributed by atoms with van der Waals surface area (Å²) in [6.07, 6.45) is -0.659. The maximum atomic E-state index is 11.1. The van der Waals surface area contributed by atoms with Crippen molar-refractivity contribution in [2.45, 2.75) is 25.2 Å². The molecule has 13 heavy (non-hydrogen) atoms. The SMILES string of the molecule is CC(C)CSC1CS(=O)(=O)CC1O. The highest BCUT2D eigenvalue weighted by Crippen LogP contribution is 2.26. The van der Waals surface area contributed by atoms with Gasteiger partial charge in [-0.2, -0.15) is 11.8 Å². The summed E-state index contributed by atoms with van der Waals surface area (Å²) in [6, 6.07) is 0. The van der Waals surface area contributed by atoms with Crippen LogP contribution in [0.1, 0.15) is 13.8 Å². The molecule has 78 valence electrons. The van der Waals surface area contributed by atoms with Crippen molar-refractivity contribution >= 4 is 21.6 Å². The number of sulfone groups is 1. The van der Waals surface area contributed by atoms with Crippen molar-refractivity contribution in [3.05, 3.63) is 0 Å². The molecule has 1 N–H and O–H groups in total. The fourth-order valence-corrected chi connectivity index (χ4v) is 4.96. The molecule has 0 aromatic rings. The van der Waals surface area contributed by atoms with Crippen LogP contribution in [-0.2, 0) is 9.84 Å². The molecule has 0 aromatic heterocycles. The molecule has 3 nitrogen and oxygen atoms in total. The molecule has 1 aliphatic heterocycles. The van der Waals surface area contributed by atoms with Crippen LogP contribution in [0.5, 0.6) is 0 Å². The highest BCUT2D eigenvalue weighted by Gasteiger charge is 2.36. The third kappa shape index (κ3) is 3.48. The van der Waals surface area contributed by atoms with Gasteiger partial charge < -0.3 is 5.11 Å². The lowest BCUT2D eigenvalue weighted by Crippen LogP contribution is -2.21. The minimum Gasteiger partial charge on any atom is -0.391 e. The highest BCUT2D eigenvalue weighted by molar-refractivity contribution is 8.01. The molecule has 0 radical (unpaired) electrons. The van der Waals surface area contributed by atoms with Gasteiger partial charge in [0.2, 0.25) is 0 Å². The molecule has 0 amide bonds. The Morgan fingerprint density at radius 3 is 2.46 bits per heavy atom. The summed E-state index contributed by atoms with van der Waals surface area (Å²) < 4.78 is 22.2. The van der Waals surface area contributed by atoms with Crippen LogP contribution in [0.15, 0.2) is 0 Å². The summed E-state index contributed by atoms with van der Waals surface area (Å²) in [6.45, 7) is 4.17. The minimum absolute atomic E-state index is 0.0528. The lowest BCUT2D eigenvalue weighted by molar-refractivity contribution is 0.207. The van der Waals surface area contributed by atoms with Gasteiger partial charge in [-0.15, -0.1) is 0 Å². The molecule has 0 saturated carbocycles. The van der Waals surface area contributed by atoms with Crippen molar-refractivity contribution in [2.75, 3.05) is 17.3 Å². The maximum absolute atomic E-state index is 11.1. The van der Waals surface area contributed by atoms with E-state index in [2.05, 4.69) is 13.8 Å². The van der Waals surface area contributed by atoms with E-state index in [0.29, 0.717) is 5.92 Å². The Morgan fingerprint density at radius 1 is 1.46 bits per heavy atom. The van der Waals surface area contributed by atoms with Crippen molar-refractivity contribution in [2.24, 2.45) is 5.92 Å². The predicted molar refractivity (Wildman–Crippen MR) is 55.7 cm³/mol. The van der Waals surface area contributed by atoms with Gasteiger partial charge in [0, 0.05) is 5.25 Å². The molecule has 5 heteroatoms. The topological polar surface area (TPSA) is 54.4 Å². The smallest absolute Gasteiger partial charge is 0.154 e. The fraction of sp³-hybridized carbons (Fsp3) is 1.00. The van der Waals surface area contributed by atoms with Gasteiger partial charge in [0.25, 0.3) is 0 Å². The fourth-order valence-electron chi connectivity index (χ4n) is 1.27. The number of hydrogen-bond acceptors (Lipinski definition) is 4. The second-order valence-corrected chi connectivity index (χ2v) is 7.34. The zero-order valence-corrected chi connectivity index (χ0v) is 9.57. The van der Waals surface area contributed by atoms with Gasteiger partial charge in [-0.3, -0.25) is 0 Å². The van der Waals surface area contributed by atoms with E-state index in [1.165, 1.54) is 0 Å². The molecule has 0 aromatic carbocycles. The Labute approximate surface area is 83.8 Å². The number of aliphatic hydroxyl groups is 1. The summed E-state index contributed by atoms with van der Waals surface area (Å²) in [7, 11) is -2.96. The first-order chi connectivity index (χ1) is 5.91. The molecule has 1 rings (SSSR count). The average molecular weight is 224 g/mol. The van der Waals surface area contributed by atoms with Gasteiger partial charge in [0.15, 0.2) is 9.84 Å². The van der Waals surface area contributed by atoms with Crippen LogP contribution in [0.2, 0.25) is 0 Å².